The Morgan fingerprint density at radius 1 is 1.53 bits per heavy atom. The number of benzene rings is 1. The number of aliphatic carboxylic acids is 1. The molecule has 0 fully saturated rings. The van der Waals surface area contributed by atoms with E-state index in [9.17, 15) is 4.79 Å². The van der Waals surface area contributed by atoms with Crippen molar-refractivity contribution in [2.45, 2.75) is 13.0 Å². The molecule has 78 valence electrons. The molecule has 1 atom stereocenters. The lowest BCUT2D eigenvalue weighted by Crippen LogP contribution is -2.25. The molecule has 0 radical (unpaired) electrons. The molecular weight excluding hydrogens is 212 g/mol. The van der Waals surface area contributed by atoms with Crippen LogP contribution < -0.4 is 5.32 Å². The van der Waals surface area contributed by atoms with E-state index in [0.29, 0.717) is 5.13 Å². The van der Waals surface area contributed by atoms with Gasteiger partial charge in [0.1, 0.15) is 6.04 Å². The Labute approximate surface area is 90.6 Å². The normalized spacial score (nSPS) is 12.6. The minimum atomic E-state index is -0.880. The maximum absolute atomic E-state index is 10.6. The number of carbonyl (C=O) groups is 1. The quantitative estimate of drug-likeness (QED) is 0.835. The molecule has 1 aromatic heterocycles. The van der Waals surface area contributed by atoms with E-state index in [-0.39, 0.29) is 0 Å². The van der Waals surface area contributed by atoms with Crippen molar-refractivity contribution in [2.24, 2.45) is 0 Å². The van der Waals surface area contributed by atoms with Gasteiger partial charge in [0.25, 0.3) is 0 Å². The number of rotatable bonds is 3. The number of aromatic nitrogens is 1. The first-order valence-electron chi connectivity index (χ1n) is 4.52. The van der Waals surface area contributed by atoms with Crippen LogP contribution in [-0.4, -0.2) is 22.1 Å². The molecule has 0 bridgehead atoms. The van der Waals surface area contributed by atoms with Gasteiger partial charge >= 0.3 is 5.97 Å². The second kappa shape index (κ2) is 3.86. The minimum absolute atomic E-state index is 0.620. The van der Waals surface area contributed by atoms with Crippen molar-refractivity contribution < 1.29 is 9.90 Å². The molecule has 1 aromatic carbocycles. The Balaban J connectivity index is 2.26. The second-order valence-corrected chi connectivity index (χ2v) is 4.22. The van der Waals surface area contributed by atoms with Crippen LogP contribution in [0.1, 0.15) is 6.92 Å². The van der Waals surface area contributed by atoms with Crippen LogP contribution in [0, 0.1) is 0 Å². The van der Waals surface area contributed by atoms with Gasteiger partial charge in [0, 0.05) is 0 Å². The van der Waals surface area contributed by atoms with Gasteiger partial charge in [-0.1, -0.05) is 23.5 Å². The smallest absolute Gasteiger partial charge is 0.325 e. The molecule has 4 nitrogen and oxygen atoms in total. The molecule has 2 rings (SSSR count). The van der Waals surface area contributed by atoms with E-state index in [4.69, 9.17) is 5.11 Å². The molecule has 0 aliphatic heterocycles. The third-order valence-electron chi connectivity index (χ3n) is 2.00. The van der Waals surface area contributed by atoms with Crippen LogP contribution in [0.5, 0.6) is 0 Å². The lowest BCUT2D eigenvalue weighted by molar-refractivity contribution is -0.137. The van der Waals surface area contributed by atoms with Crippen LogP contribution in [0.3, 0.4) is 0 Å². The van der Waals surface area contributed by atoms with Crippen molar-refractivity contribution in [3.05, 3.63) is 24.3 Å². The van der Waals surface area contributed by atoms with Crippen molar-refractivity contribution in [1.82, 2.24) is 4.98 Å². The van der Waals surface area contributed by atoms with Crippen LogP contribution in [0.4, 0.5) is 5.13 Å². The van der Waals surface area contributed by atoms with Crippen LogP contribution in [0.25, 0.3) is 10.2 Å². The summed E-state index contributed by atoms with van der Waals surface area (Å²) >= 11 is 1.46. The third-order valence-corrected chi connectivity index (χ3v) is 2.97. The monoisotopic (exact) mass is 222 g/mol. The molecule has 0 unspecified atom stereocenters. The zero-order valence-corrected chi connectivity index (χ0v) is 8.91. The average molecular weight is 222 g/mol. The molecule has 1 heterocycles. The molecule has 5 heteroatoms. The number of anilines is 1. The molecule has 2 N–H and O–H groups in total. The summed E-state index contributed by atoms with van der Waals surface area (Å²) in [6.45, 7) is 1.59. The number of hydrogen-bond acceptors (Lipinski definition) is 4. The van der Waals surface area contributed by atoms with E-state index in [1.165, 1.54) is 11.3 Å². The fraction of sp³-hybridized carbons (Fsp3) is 0.200. The van der Waals surface area contributed by atoms with Crippen LogP contribution in [-0.2, 0) is 4.79 Å². The Hall–Kier alpha value is -1.62. The van der Waals surface area contributed by atoms with Gasteiger partial charge in [0.05, 0.1) is 10.2 Å². The van der Waals surface area contributed by atoms with Gasteiger partial charge < -0.3 is 10.4 Å². The lowest BCUT2D eigenvalue weighted by Gasteiger charge is -2.05. The number of nitrogens with one attached hydrogen (secondary N) is 1. The van der Waals surface area contributed by atoms with E-state index < -0.39 is 12.0 Å². The van der Waals surface area contributed by atoms with Crippen molar-refractivity contribution in [1.29, 1.82) is 0 Å². The summed E-state index contributed by atoms with van der Waals surface area (Å²) in [6.07, 6.45) is 0. The minimum Gasteiger partial charge on any atom is -0.480 e. The summed E-state index contributed by atoms with van der Waals surface area (Å²) in [7, 11) is 0. The maximum Gasteiger partial charge on any atom is 0.325 e. The molecule has 0 aliphatic carbocycles. The zero-order chi connectivity index (χ0) is 10.8. The molecule has 0 saturated heterocycles. The standard InChI is InChI=1S/C10H10N2O2S/c1-6(9(13)14)11-10-12-7-4-2-3-5-8(7)15-10/h2-6H,1H3,(H,11,12)(H,13,14)/t6-/m1/s1. The fourth-order valence-electron chi connectivity index (χ4n) is 1.18. The molecule has 0 spiro atoms. The summed E-state index contributed by atoms with van der Waals surface area (Å²) in [5.41, 5.74) is 0.891. The summed E-state index contributed by atoms with van der Waals surface area (Å²) in [5.74, 6) is -0.880. The molecule has 0 saturated carbocycles. The highest BCUT2D eigenvalue weighted by Crippen LogP contribution is 2.25. The van der Waals surface area contributed by atoms with Crippen LogP contribution >= 0.6 is 11.3 Å². The Bertz CT molecular complexity index is 462. The van der Waals surface area contributed by atoms with Gasteiger partial charge in [-0.2, -0.15) is 0 Å². The van der Waals surface area contributed by atoms with Crippen molar-refractivity contribution >= 4 is 32.7 Å². The molecule has 0 aliphatic rings. The van der Waals surface area contributed by atoms with E-state index in [1.54, 1.807) is 6.92 Å². The average Bonchev–Trinajstić information content (AvgIpc) is 2.59. The highest BCUT2D eigenvalue weighted by Gasteiger charge is 2.12. The third kappa shape index (κ3) is 2.07. The highest BCUT2D eigenvalue weighted by molar-refractivity contribution is 7.22. The molecular formula is C10H10N2O2S. The van der Waals surface area contributed by atoms with Crippen molar-refractivity contribution in [3.8, 4) is 0 Å². The summed E-state index contributed by atoms with van der Waals surface area (Å²) < 4.78 is 1.05. The van der Waals surface area contributed by atoms with Gasteiger partial charge in [-0.05, 0) is 19.1 Å². The predicted octanol–water partition coefficient (Wildman–Crippen LogP) is 2.18. The highest BCUT2D eigenvalue weighted by atomic mass is 32.1. The van der Waals surface area contributed by atoms with Gasteiger partial charge in [-0.25, -0.2) is 4.98 Å². The second-order valence-electron chi connectivity index (χ2n) is 3.19. The Kier molecular flexibility index (Phi) is 2.55. The van der Waals surface area contributed by atoms with Gasteiger partial charge in [-0.3, -0.25) is 4.79 Å². The van der Waals surface area contributed by atoms with E-state index in [1.807, 2.05) is 24.3 Å². The number of carboxylic acid groups (broad SMARTS) is 1. The summed E-state index contributed by atoms with van der Waals surface area (Å²) in [6, 6.07) is 7.09. The SMILES string of the molecule is C[C@@H](Nc1nc2ccccc2s1)C(=O)O. The van der Waals surface area contributed by atoms with Gasteiger partial charge in [0.15, 0.2) is 5.13 Å². The Morgan fingerprint density at radius 3 is 2.93 bits per heavy atom. The number of para-hydroxylation sites is 1. The summed E-state index contributed by atoms with van der Waals surface area (Å²) in [5, 5.41) is 12.2. The number of hydrogen-bond donors (Lipinski definition) is 2. The zero-order valence-electron chi connectivity index (χ0n) is 8.10. The van der Waals surface area contributed by atoms with Crippen molar-refractivity contribution in [2.75, 3.05) is 5.32 Å². The molecule has 15 heavy (non-hydrogen) atoms. The topological polar surface area (TPSA) is 62.2 Å². The Morgan fingerprint density at radius 2 is 2.27 bits per heavy atom. The predicted molar refractivity (Wildman–Crippen MR) is 60.3 cm³/mol. The molecule has 2 aromatic rings. The molecule has 0 amide bonds. The maximum atomic E-state index is 10.6. The number of carboxylic acids is 1. The first-order chi connectivity index (χ1) is 7.16. The number of nitrogens with zero attached hydrogens (tertiary/aromatic N) is 1. The van der Waals surface area contributed by atoms with Crippen molar-refractivity contribution in [3.63, 3.8) is 0 Å². The first kappa shape index (κ1) is 9.92. The van der Waals surface area contributed by atoms with Gasteiger partial charge in [0.2, 0.25) is 0 Å². The van der Waals surface area contributed by atoms with E-state index in [0.717, 1.165) is 10.2 Å². The number of thiazole rings is 1. The van der Waals surface area contributed by atoms with E-state index >= 15 is 0 Å². The van der Waals surface area contributed by atoms with Gasteiger partial charge in [-0.15, -0.1) is 0 Å². The largest absolute Gasteiger partial charge is 0.480 e. The van der Waals surface area contributed by atoms with Crippen LogP contribution in [0.15, 0.2) is 24.3 Å². The lowest BCUT2D eigenvalue weighted by atomic mass is 10.3. The first-order valence-corrected chi connectivity index (χ1v) is 5.33. The van der Waals surface area contributed by atoms with Crippen LogP contribution in [0.2, 0.25) is 0 Å². The number of fused-ring (bicyclic) bond motifs is 1. The summed E-state index contributed by atoms with van der Waals surface area (Å²) in [4.78, 5) is 14.9. The van der Waals surface area contributed by atoms with E-state index in [2.05, 4.69) is 10.3 Å². The fourth-order valence-corrected chi connectivity index (χ4v) is 2.13.